The second-order valence-electron chi connectivity index (χ2n) is 8.30. The number of hydrogen-bond donors (Lipinski definition) is 2. The number of nitrogens with one attached hydrogen (secondary N) is 2. The van der Waals surface area contributed by atoms with Crippen LogP contribution in [-0.4, -0.2) is 17.0 Å². The van der Waals surface area contributed by atoms with E-state index < -0.39 is 0 Å². The Hall–Kier alpha value is -3.08. The summed E-state index contributed by atoms with van der Waals surface area (Å²) in [4.78, 5) is 12.9. The van der Waals surface area contributed by atoms with Crippen LogP contribution in [0.5, 0.6) is 0 Å². The van der Waals surface area contributed by atoms with Gasteiger partial charge in [-0.15, -0.1) is 0 Å². The Kier molecular flexibility index (Phi) is 6.63. The number of hydrogen-bond acceptors (Lipinski definition) is 2. The number of carbonyl (C=O) groups is 1. The fourth-order valence-electron chi connectivity index (χ4n) is 3.89. The van der Waals surface area contributed by atoms with Crippen molar-refractivity contribution in [2.45, 2.75) is 26.8 Å². The van der Waals surface area contributed by atoms with E-state index >= 15 is 0 Å². The van der Waals surface area contributed by atoms with Crippen molar-refractivity contribution < 1.29 is 4.79 Å². The zero-order valence-electron chi connectivity index (χ0n) is 18.7. The second kappa shape index (κ2) is 9.60. The van der Waals surface area contributed by atoms with Gasteiger partial charge < -0.3 is 15.2 Å². The molecule has 4 aromatic rings. The Morgan fingerprint density at radius 3 is 2.50 bits per heavy atom. The molecular weight excluding hydrogens is 418 g/mol. The summed E-state index contributed by atoms with van der Waals surface area (Å²) in [5, 5.41) is 8.40. The summed E-state index contributed by atoms with van der Waals surface area (Å²) >= 11 is 5.96. The zero-order valence-corrected chi connectivity index (χ0v) is 19.5. The molecule has 0 unspecified atom stereocenters. The van der Waals surface area contributed by atoms with Gasteiger partial charge >= 0.3 is 0 Å². The molecule has 0 bridgehead atoms. The van der Waals surface area contributed by atoms with Crippen LogP contribution >= 0.6 is 11.6 Å². The highest BCUT2D eigenvalue weighted by Crippen LogP contribution is 2.23. The Morgan fingerprint density at radius 1 is 0.969 bits per heavy atom. The Balaban J connectivity index is 1.45. The molecule has 0 saturated carbocycles. The summed E-state index contributed by atoms with van der Waals surface area (Å²) in [6.07, 6.45) is 3.07. The molecule has 4 rings (SSSR count). The lowest BCUT2D eigenvalue weighted by Crippen LogP contribution is -2.16. The number of aromatic nitrogens is 1. The SMILES string of the molecule is Cc1ccc(NC(=O)c2ccc3c(c2)c(CNCCc2ccc(Cl)cc2)cn3C)cc1C. The molecule has 0 radical (unpaired) electrons. The standard InChI is InChI=1S/C27H28ClN3O/c1-18-4-10-24(14-19(18)2)30-27(32)21-7-11-26-25(15-21)22(17-31(26)3)16-29-13-12-20-5-8-23(28)9-6-20/h4-11,14-15,17,29H,12-13,16H2,1-3H3,(H,30,32). The van der Waals surface area contributed by atoms with E-state index in [4.69, 9.17) is 11.6 Å². The van der Waals surface area contributed by atoms with Crippen molar-refractivity contribution in [2.24, 2.45) is 7.05 Å². The number of amides is 1. The number of aryl methyl sites for hydroxylation is 3. The van der Waals surface area contributed by atoms with E-state index in [0.717, 1.165) is 46.7 Å². The van der Waals surface area contributed by atoms with Gasteiger partial charge in [-0.05, 0) is 91.5 Å². The summed E-state index contributed by atoms with van der Waals surface area (Å²) in [6, 6.07) is 19.8. The van der Waals surface area contributed by atoms with Crippen molar-refractivity contribution in [1.82, 2.24) is 9.88 Å². The molecule has 32 heavy (non-hydrogen) atoms. The molecule has 0 fully saturated rings. The summed E-state index contributed by atoms with van der Waals surface area (Å²) in [5.74, 6) is -0.0966. The van der Waals surface area contributed by atoms with Crippen molar-refractivity contribution in [1.29, 1.82) is 0 Å². The van der Waals surface area contributed by atoms with E-state index in [1.54, 1.807) is 0 Å². The second-order valence-corrected chi connectivity index (χ2v) is 8.74. The molecule has 1 amide bonds. The van der Waals surface area contributed by atoms with E-state index in [-0.39, 0.29) is 5.91 Å². The van der Waals surface area contributed by atoms with Crippen LogP contribution in [-0.2, 0) is 20.0 Å². The van der Waals surface area contributed by atoms with Gasteiger partial charge in [-0.3, -0.25) is 4.79 Å². The van der Waals surface area contributed by atoms with Gasteiger partial charge in [-0.25, -0.2) is 0 Å². The van der Waals surface area contributed by atoms with E-state index in [1.807, 2.05) is 62.5 Å². The van der Waals surface area contributed by atoms with Gasteiger partial charge in [0.1, 0.15) is 0 Å². The lowest BCUT2D eigenvalue weighted by atomic mass is 10.1. The number of halogens is 1. The molecule has 0 atom stereocenters. The summed E-state index contributed by atoms with van der Waals surface area (Å²) in [5.41, 5.74) is 7.39. The number of rotatable bonds is 7. The first kappa shape index (κ1) is 22.1. The van der Waals surface area contributed by atoms with Gasteiger partial charge in [0, 0.05) is 47.0 Å². The number of carbonyl (C=O) groups excluding carboxylic acids is 1. The maximum absolute atomic E-state index is 12.9. The molecule has 2 N–H and O–H groups in total. The summed E-state index contributed by atoms with van der Waals surface area (Å²) in [6.45, 7) is 5.72. The van der Waals surface area contributed by atoms with Crippen molar-refractivity contribution in [3.63, 3.8) is 0 Å². The molecule has 1 aromatic heterocycles. The molecule has 0 aliphatic heterocycles. The predicted molar refractivity (Wildman–Crippen MR) is 134 cm³/mol. The van der Waals surface area contributed by atoms with E-state index in [1.165, 1.54) is 16.7 Å². The van der Waals surface area contributed by atoms with E-state index in [2.05, 4.69) is 40.5 Å². The fourth-order valence-corrected chi connectivity index (χ4v) is 4.01. The third-order valence-corrected chi connectivity index (χ3v) is 6.17. The van der Waals surface area contributed by atoms with Crippen LogP contribution in [0.25, 0.3) is 10.9 Å². The fraction of sp³-hybridized carbons (Fsp3) is 0.222. The maximum atomic E-state index is 12.9. The molecule has 0 aliphatic carbocycles. The highest BCUT2D eigenvalue weighted by molar-refractivity contribution is 6.30. The number of anilines is 1. The maximum Gasteiger partial charge on any atom is 0.255 e. The Bertz CT molecular complexity index is 1260. The van der Waals surface area contributed by atoms with Crippen molar-refractivity contribution >= 4 is 34.1 Å². The molecule has 1 heterocycles. The molecule has 164 valence electrons. The van der Waals surface area contributed by atoms with E-state index in [9.17, 15) is 4.79 Å². The molecule has 0 saturated heterocycles. The topological polar surface area (TPSA) is 46.1 Å². The third kappa shape index (κ3) is 5.04. The number of benzene rings is 3. The normalized spacial score (nSPS) is 11.1. The van der Waals surface area contributed by atoms with Crippen LogP contribution in [0, 0.1) is 13.8 Å². The molecule has 0 aliphatic rings. The minimum atomic E-state index is -0.0966. The Labute approximate surface area is 194 Å². The summed E-state index contributed by atoms with van der Waals surface area (Å²) in [7, 11) is 2.04. The average Bonchev–Trinajstić information content (AvgIpc) is 3.10. The largest absolute Gasteiger partial charge is 0.350 e. The predicted octanol–water partition coefficient (Wildman–Crippen LogP) is 6.03. The molecular formula is C27H28ClN3O. The Morgan fingerprint density at radius 2 is 1.75 bits per heavy atom. The highest BCUT2D eigenvalue weighted by atomic mass is 35.5. The first-order chi connectivity index (χ1) is 15.4. The smallest absolute Gasteiger partial charge is 0.255 e. The quantitative estimate of drug-likeness (QED) is 0.341. The van der Waals surface area contributed by atoms with Gasteiger partial charge in [0.25, 0.3) is 5.91 Å². The van der Waals surface area contributed by atoms with Crippen molar-refractivity contribution in [2.75, 3.05) is 11.9 Å². The molecule has 0 spiro atoms. The van der Waals surface area contributed by atoms with Crippen LogP contribution in [0.1, 0.15) is 32.6 Å². The summed E-state index contributed by atoms with van der Waals surface area (Å²) < 4.78 is 2.11. The molecule has 4 nitrogen and oxygen atoms in total. The molecule has 5 heteroatoms. The highest BCUT2D eigenvalue weighted by Gasteiger charge is 2.12. The van der Waals surface area contributed by atoms with Crippen molar-refractivity contribution in [3.05, 3.63) is 99.7 Å². The van der Waals surface area contributed by atoms with Crippen LogP contribution in [0.15, 0.2) is 66.9 Å². The first-order valence-electron chi connectivity index (χ1n) is 10.8. The minimum Gasteiger partial charge on any atom is -0.350 e. The van der Waals surface area contributed by atoms with Gasteiger partial charge in [0.05, 0.1) is 0 Å². The number of nitrogens with zero attached hydrogens (tertiary/aromatic N) is 1. The van der Waals surface area contributed by atoms with Crippen molar-refractivity contribution in [3.8, 4) is 0 Å². The van der Waals surface area contributed by atoms with Crippen LogP contribution in [0.2, 0.25) is 5.02 Å². The number of fused-ring (bicyclic) bond motifs is 1. The third-order valence-electron chi connectivity index (χ3n) is 5.92. The zero-order chi connectivity index (χ0) is 22.7. The lowest BCUT2D eigenvalue weighted by molar-refractivity contribution is 0.102. The minimum absolute atomic E-state index is 0.0966. The van der Waals surface area contributed by atoms with Gasteiger partial charge in [-0.1, -0.05) is 29.8 Å². The van der Waals surface area contributed by atoms with Gasteiger partial charge in [0.2, 0.25) is 0 Å². The first-order valence-corrected chi connectivity index (χ1v) is 11.2. The monoisotopic (exact) mass is 445 g/mol. The van der Waals surface area contributed by atoms with E-state index in [0.29, 0.717) is 5.56 Å². The van der Waals surface area contributed by atoms with Gasteiger partial charge in [-0.2, -0.15) is 0 Å². The lowest BCUT2D eigenvalue weighted by Gasteiger charge is -2.09. The van der Waals surface area contributed by atoms with Crippen LogP contribution in [0.4, 0.5) is 5.69 Å². The average molecular weight is 446 g/mol. The van der Waals surface area contributed by atoms with Crippen LogP contribution in [0.3, 0.4) is 0 Å². The van der Waals surface area contributed by atoms with Crippen LogP contribution < -0.4 is 10.6 Å². The van der Waals surface area contributed by atoms with Gasteiger partial charge in [0.15, 0.2) is 0 Å². The molecule has 3 aromatic carbocycles.